The van der Waals surface area contributed by atoms with E-state index in [0.717, 1.165) is 41.9 Å². The zero-order chi connectivity index (χ0) is 24.2. The summed E-state index contributed by atoms with van der Waals surface area (Å²) >= 11 is 0. The van der Waals surface area contributed by atoms with Crippen LogP contribution in [0.3, 0.4) is 0 Å². The van der Waals surface area contributed by atoms with Gasteiger partial charge in [0.2, 0.25) is 0 Å². The second-order valence-electron chi connectivity index (χ2n) is 14.2. The molecule has 3 fully saturated rings. The highest BCUT2D eigenvalue weighted by Gasteiger charge is 2.61. The van der Waals surface area contributed by atoms with Gasteiger partial charge in [-0.15, -0.1) is 0 Å². The summed E-state index contributed by atoms with van der Waals surface area (Å²) in [5.74, 6) is 4.80. The van der Waals surface area contributed by atoms with Crippen molar-refractivity contribution in [1.82, 2.24) is 0 Å². The molecule has 0 unspecified atom stereocenters. The summed E-state index contributed by atoms with van der Waals surface area (Å²) in [6.07, 6.45) is 16.4. The number of hydrogen-bond acceptors (Lipinski definition) is 1. The smallest absolute Gasteiger partial charge is 0.303 e. The second-order valence-corrected chi connectivity index (χ2v) is 14.2. The van der Waals surface area contributed by atoms with Crippen molar-refractivity contribution in [2.75, 3.05) is 0 Å². The summed E-state index contributed by atoms with van der Waals surface area (Å²) in [6.45, 7) is 17.2. The molecule has 0 aromatic rings. The number of carboxylic acids is 1. The number of carboxylic acid groups (broad SMARTS) is 1. The number of rotatable bonds is 7. The van der Waals surface area contributed by atoms with Crippen molar-refractivity contribution in [2.24, 2.45) is 57.7 Å². The third kappa shape index (κ3) is 4.24. The van der Waals surface area contributed by atoms with Crippen molar-refractivity contribution in [2.45, 2.75) is 119 Å². The molecule has 0 spiro atoms. The maximum absolute atomic E-state index is 11.5. The zero-order valence-corrected chi connectivity index (χ0v) is 22.8. The van der Waals surface area contributed by atoms with Crippen LogP contribution in [0.1, 0.15) is 119 Å². The summed E-state index contributed by atoms with van der Waals surface area (Å²) < 4.78 is 0. The molecule has 4 aliphatic rings. The summed E-state index contributed by atoms with van der Waals surface area (Å²) in [5, 5.41) is 9.51. The van der Waals surface area contributed by atoms with Gasteiger partial charge in [-0.3, -0.25) is 4.79 Å². The third-order valence-corrected chi connectivity index (χ3v) is 11.8. The van der Waals surface area contributed by atoms with Gasteiger partial charge in [0.15, 0.2) is 0 Å². The molecule has 1 N–H and O–H groups in total. The molecule has 2 heteroatoms. The maximum Gasteiger partial charge on any atom is 0.303 e. The Hall–Kier alpha value is -0.790. The molecule has 0 saturated heterocycles. The van der Waals surface area contributed by atoms with Gasteiger partial charge in [-0.1, -0.05) is 79.4 Å². The van der Waals surface area contributed by atoms with Crippen molar-refractivity contribution >= 4 is 5.97 Å². The Morgan fingerprint density at radius 3 is 2.39 bits per heavy atom. The standard InChI is InChI=1S/C31H52O2/c1-20(2)9-8-10-21(3)24-12-13-25-23-11-14-27-29(4,5)22(19-28(32)33)15-17-31(27,7)26(23)16-18-30(24,25)6/h14,20-26H,8-13,15-19H2,1-7H3,(H,32,33)/t21-,22-,23+,24-,25+,26+,30-,31-/m1/s1. The number of allylic oxidation sites excluding steroid dienone is 2. The van der Waals surface area contributed by atoms with Crippen LogP contribution < -0.4 is 0 Å². The summed E-state index contributed by atoms with van der Waals surface area (Å²) in [7, 11) is 0. The summed E-state index contributed by atoms with van der Waals surface area (Å²) in [5.41, 5.74) is 2.45. The van der Waals surface area contributed by atoms with E-state index in [0.29, 0.717) is 11.8 Å². The Balaban J connectivity index is 1.53. The van der Waals surface area contributed by atoms with E-state index in [1.54, 1.807) is 5.57 Å². The first kappa shape index (κ1) is 25.3. The van der Waals surface area contributed by atoms with Gasteiger partial charge in [0, 0.05) is 6.42 Å². The Labute approximate surface area is 204 Å². The van der Waals surface area contributed by atoms with E-state index in [2.05, 4.69) is 54.5 Å². The lowest BCUT2D eigenvalue weighted by molar-refractivity contribution is -0.140. The van der Waals surface area contributed by atoms with Crippen molar-refractivity contribution in [3.63, 3.8) is 0 Å². The van der Waals surface area contributed by atoms with Crippen molar-refractivity contribution in [3.05, 3.63) is 11.6 Å². The van der Waals surface area contributed by atoms with Crippen LogP contribution in [0.5, 0.6) is 0 Å². The van der Waals surface area contributed by atoms with Gasteiger partial charge in [0.25, 0.3) is 0 Å². The van der Waals surface area contributed by atoms with Gasteiger partial charge >= 0.3 is 5.97 Å². The first-order valence-electron chi connectivity index (χ1n) is 14.3. The molecular formula is C31H52O2. The SMILES string of the molecule is CC(C)CCC[C@@H](C)[C@H]1CC[C@H]2[C@@H]3CC=C4C(C)(C)[C@@H](CC(=O)O)CC[C@]4(C)[C@H]3CC[C@]12C. The van der Waals surface area contributed by atoms with Gasteiger partial charge in [0.05, 0.1) is 0 Å². The number of hydrogen-bond donors (Lipinski definition) is 1. The molecule has 33 heavy (non-hydrogen) atoms. The number of fused-ring (bicyclic) bond motifs is 5. The number of aliphatic carboxylic acids is 1. The summed E-state index contributed by atoms with van der Waals surface area (Å²) in [6, 6.07) is 0. The van der Waals surface area contributed by atoms with Gasteiger partial charge in [0.1, 0.15) is 0 Å². The van der Waals surface area contributed by atoms with Crippen LogP contribution in [-0.2, 0) is 4.79 Å². The molecule has 0 amide bonds. The summed E-state index contributed by atoms with van der Waals surface area (Å²) in [4.78, 5) is 11.5. The Bertz CT molecular complexity index is 763. The number of carbonyl (C=O) groups is 1. The third-order valence-electron chi connectivity index (χ3n) is 11.8. The fourth-order valence-corrected chi connectivity index (χ4v) is 10.1. The molecule has 0 radical (unpaired) electrons. The molecule has 2 nitrogen and oxygen atoms in total. The van der Waals surface area contributed by atoms with Gasteiger partial charge in [-0.2, -0.15) is 0 Å². The molecular weight excluding hydrogens is 404 g/mol. The van der Waals surface area contributed by atoms with Crippen LogP contribution in [0, 0.1) is 57.7 Å². The fourth-order valence-electron chi connectivity index (χ4n) is 10.1. The van der Waals surface area contributed by atoms with Gasteiger partial charge < -0.3 is 5.11 Å². The maximum atomic E-state index is 11.5. The van der Waals surface area contributed by atoms with E-state index in [1.807, 2.05) is 0 Å². The highest BCUT2D eigenvalue weighted by atomic mass is 16.4. The average Bonchev–Trinajstić information content (AvgIpc) is 3.07. The molecule has 3 saturated carbocycles. The molecule has 4 rings (SSSR count). The lowest BCUT2D eigenvalue weighted by atomic mass is 9.43. The van der Waals surface area contributed by atoms with Crippen LogP contribution in [0.25, 0.3) is 0 Å². The minimum atomic E-state index is -0.626. The van der Waals surface area contributed by atoms with Gasteiger partial charge in [-0.05, 0) is 103 Å². The highest BCUT2D eigenvalue weighted by molar-refractivity contribution is 5.67. The lowest BCUT2D eigenvalue weighted by Crippen LogP contribution is -2.53. The van der Waals surface area contributed by atoms with Crippen LogP contribution in [0.2, 0.25) is 0 Å². The van der Waals surface area contributed by atoms with Gasteiger partial charge in [-0.25, -0.2) is 0 Å². The second kappa shape index (κ2) is 9.02. The highest BCUT2D eigenvalue weighted by Crippen LogP contribution is 2.69. The molecule has 8 atom stereocenters. The average molecular weight is 457 g/mol. The molecule has 0 heterocycles. The van der Waals surface area contributed by atoms with E-state index in [1.165, 1.54) is 57.8 Å². The van der Waals surface area contributed by atoms with E-state index >= 15 is 0 Å². The molecule has 0 bridgehead atoms. The first-order chi connectivity index (χ1) is 15.4. The Morgan fingerprint density at radius 2 is 1.73 bits per heavy atom. The van der Waals surface area contributed by atoms with Crippen LogP contribution in [0.15, 0.2) is 11.6 Å². The van der Waals surface area contributed by atoms with Crippen molar-refractivity contribution in [1.29, 1.82) is 0 Å². The Morgan fingerprint density at radius 1 is 1.00 bits per heavy atom. The normalized spacial score (nSPS) is 42.8. The van der Waals surface area contributed by atoms with Crippen LogP contribution >= 0.6 is 0 Å². The fraction of sp³-hybridized carbons (Fsp3) is 0.903. The van der Waals surface area contributed by atoms with Crippen LogP contribution in [-0.4, -0.2) is 11.1 Å². The zero-order valence-electron chi connectivity index (χ0n) is 22.8. The predicted octanol–water partition coefficient (Wildman–Crippen LogP) is 8.75. The molecule has 0 aliphatic heterocycles. The van der Waals surface area contributed by atoms with Crippen molar-refractivity contribution < 1.29 is 9.90 Å². The van der Waals surface area contributed by atoms with Crippen LogP contribution in [0.4, 0.5) is 0 Å². The predicted molar refractivity (Wildman–Crippen MR) is 138 cm³/mol. The quantitative estimate of drug-likeness (QED) is 0.389. The minimum absolute atomic E-state index is 0.0141. The molecule has 188 valence electrons. The van der Waals surface area contributed by atoms with E-state index in [-0.39, 0.29) is 16.7 Å². The topological polar surface area (TPSA) is 37.3 Å². The molecule has 0 aromatic carbocycles. The van der Waals surface area contributed by atoms with E-state index < -0.39 is 5.97 Å². The first-order valence-corrected chi connectivity index (χ1v) is 14.3. The molecule has 0 aromatic heterocycles. The minimum Gasteiger partial charge on any atom is -0.481 e. The van der Waals surface area contributed by atoms with E-state index in [4.69, 9.17) is 0 Å². The molecule has 4 aliphatic carbocycles. The monoisotopic (exact) mass is 456 g/mol. The largest absolute Gasteiger partial charge is 0.481 e. The van der Waals surface area contributed by atoms with E-state index in [9.17, 15) is 9.90 Å². The van der Waals surface area contributed by atoms with Crippen molar-refractivity contribution in [3.8, 4) is 0 Å². The Kier molecular flexibility index (Phi) is 6.91. The lowest BCUT2D eigenvalue weighted by Gasteiger charge is -2.62.